The number of aromatic nitrogens is 2. The van der Waals surface area contributed by atoms with Gasteiger partial charge in [-0.2, -0.15) is 0 Å². The van der Waals surface area contributed by atoms with E-state index >= 15 is 0 Å². The summed E-state index contributed by atoms with van der Waals surface area (Å²) in [5, 5.41) is 9.37. The van der Waals surface area contributed by atoms with E-state index in [2.05, 4.69) is 4.98 Å². The van der Waals surface area contributed by atoms with Gasteiger partial charge in [0.05, 0.1) is 11.1 Å². The van der Waals surface area contributed by atoms with E-state index in [9.17, 15) is 9.90 Å². The van der Waals surface area contributed by atoms with Crippen LogP contribution >= 0.6 is 0 Å². The Morgan fingerprint density at radius 1 is 1.42 bits per heavy atom. The molecule has 3 aromatic heterocycles. The molecular weight excluding hydrogens is 240 g/mol. The number of carbonyl (C=O) groups is 1. The molecule has 3 rings (SSSR count). The predicted octanol–water partition coefficient (Wildman–Crippen LogP) is 2.86. The molecule has 0 aliphatic rings. The molecule has 4 nitrogen and oxygen atoms in total. The number of carboxylic acid groups (broad SMARTS) is 1. The van der Waals surface area contributed by atoms with Crippen molar-refractivity contribution < 1.29 is 9.90 Å². The predicted molar refractivity (Wildman–Crippen MR) is 72.7 cm³/mol. The van der Waals surface area contributed by atoms with Crippen LogP contribution in [-0.4, -0.2) is 20.5 Å². The highest BCUT2D eigenvalue weighted by Gasteiger charge is 2.17. The van der Waals surface area contributed by atoms with Crippen molar-refractivity contribution in [3.63, 3.8) is 0 Å². The van der Waals surface area contributed by atoms with E-state index in [-0.39, 0.29) is 0 Å². The van der Waals surface area contributed by atoms with Crippen LogP contribution in [0.4, 0.5) is 0 Å². The van der Waals surface area contributed by atoms with Crippen molar-refractivity contribution in [1.29, 1.82) is 0 Å². The van der Waals surface area contributed by atoms with Gasteiger partial charge in [0.25, 0.3) is 0 Å². The van der Waals surface area contributed by atoms with Crippen LogP contribution < -0.4 is 0 Å². The summed E-state index contributed by atoms with van der Waals surface area (Å²) in [5.41, 5.74) is 4.39. The van der Waals surface area contributed by atoms with Crippen molar-refractivity contribution in [3.05, 3.63) is 65.2 Å². The molecule has 4 heteroatoms. The molecular formula is C15H14N2O2. The molecule has 3 aromatic rings. The summed E-state index contributed by atoms with van der Waals surface area (Å²) < 4.78 is 1.89. The Morgan fingerprint density at radius 3 is 2.95 bits per heavy atom. The molecule has 96 valence electrons. The van der Waals surface area contributed by atoms with Crippen molar-refractivity contribution in [2.24, 2.45) is 0 Å². The van der Waals surface area contributed by atoms with Gasteiger partial charge in [-0.15, -0.1) is 0 Å². The molecule has 0 unspecified atom stereocenters. The van der Waals surface area contributed by atoms with E-state index in [1.54, 1.807) is 6.20 Å². The van der Waals surface area contributed by atoms with Gasteiger partial charge in [-0.1, -0.05) is 6.07 Å². The van der Waals surface area contributed by atoms with Gasteiger partial charge >= 0.3 is 5.97 Å². The molecule has 0 amide bonds. The fourth-order valence-corrected chi connectivity index (χ4v) is 2.52. The lowest BCUT2D eigenvalue weighted by molar-refractivity contribution is 0.0696. The van der Waals surface area contributed by atoms with E-state index in [0.717, 1.165) is 22.2 Å². The summed E-state index contributed by atoms with van der Waals surface area (Å²) in [6.07, 6.45) is 7.93. The van der Waals surface area contributed by atoms with Crippen LogP contribution in [0.3, 0.4) is 0 Å². The number of rotatable bonds is 3. The van der Waals surface area contributed by atoms with Crippen LogP contribution in [0.1, 0.15) is 27.0 Å². The minimum Gasteiger partial charge on any atom is -0.478 e. The molecule has 0 bridgehead atoms. The third-order valence-electron chi connectivity index (χ3n) is 3.38. The number of aryl methyl sites for hydroxylation is 1. The number of aromatic amines is 1. The highest BCUT2D eigenvalue weighted by molar-refractivity contribution is 5.93. The average Bonchev–Trinajstić information content (AvgIpc) is 2.98. The normalized spacial score (nSPS) is 11.0. The number of nitrogens with zero attached hydrogens (tertiary/aromatic N) is 1. The number of aromatic carboxylic acids is 1. The van der Waals surface area contributed by atoms with E-state index in [0.29, 0.717) is 12.0 Å². The maximum Gasteiger partial charge on any atom is 0.337 e. The topological polar surface area (TPSA) is 57.5 Å². The van der Waals surface area contributed by atoms with E-state index in [4.69, 9.17) is 0 Å². The molecule has 19 heavy (non-hydrogen) atoms. The fourth-order valence-electron chi connectivity index (χ4n) is 2.52. The van der Waals surface area contributed by atoms with Gasteiger partial charge in [-0.25, -0.2) is 4.79 Å². The number of carboxylic acids is 1. The Bertz CT molecular complexity index is 739. The third-order valence-corrected chi connectivity index (χ3v) is 3.38. The second kappa shape index (κ2) is 4.31. The van der Waals surface area contributed by atoms with Crippen molar-refractivity contribution in [2.75, 3.05) is 0 Å². The van der Waals surface area contributed by atoms with E-state index in [1.807, 2.05) is 48.1 Å². The largest absolute Gasteiger partial charge is 0.478 e. The summed E-state index contributed by atoms with van der Waals surface area (Å²) >= 11 is 0. The molecule has 0 aliphatic heterocycles. The first-order valence-corrected chi connectivity index (χ1v) is 6.11. The van der Waals surface area contributed by atoms with Crippen LogP contribution in [0, 0.1) is 6.92 Å². The average molecular weight is 254 g/mol. The summed E-state index contributed by atoms with van der Waals surface area (Å²) in [6.45, 7) is 2.00. The molecule has 0 saturated heterocycles. The van der Waals surface area contributed by atoms with Gasteiger partial charge in [-0.3, -0.25) is 0 Å². The van der Waals surface area contributed by atoms with Gasteiger partial charge in [0, 0.05) is 31.2 Å². The zero-order chi connectivity index (χ0) is 13.4. The first-order valence-electron chi connectivity index (χ1n) is 6.11. The standard InChI is InChI=1S/C15H14N2O2/c1-10-3-2-6-17-9-13(15(18)19)12(14(10)17)7-11-4-5-16-8-11/h2-6,8-9,16H,7H2,1H3,(H,18,19). The molecule has 2 N–H and O–H groups in total. The smallest absolute Gasteiger partial charge is 0.337 e. The van der Waals surface area contributed by atoms with Crippen LogP contribution in [0.25, 0.3) is 5.52 Å². The molecule has 0 saturated carbocycles. The first-order chi connectivity index (χ1) is 9.16. The summed E-state index contributed by atoms with van der Waals surface area (Å²) in [6, 6.07) is 5.89. The second-order valence-corrected chi connectivity index (χ2v) is 4.67. The van der Waals surface area contributed by atoms with Crippen LogP contribution in [0.5, 0.6) is 0 Å². The maximum absolute atomic E-state index is 11.4. The highest BCUT2D eigenvalue weighted by Crippen LogP contribution is 2.24. The molecule has 0 aromatic carbocycles. The summed E-state index contributed by atoms with van der Waals surface area (Å²) in [5.74, 6) is -0.881. The molecule has 0 fully saturated rings. The molecule has 0 radical (unpaired) electrons. The maximum atomic E-state index is 11.4. The van der Waals surface area contributed by atoms with Gasteiger partial charge in [-0.05, 0) is 35.7 Å². The zero-order valence-electron chi connectivity index (χ0n) is 10.6. The Kier molecular flexibility index (Phi) is 2.63. The van der Waals surface area contributed by atoms with E-state index in [1.165, 1.54) is 0 Å². The Hall–Kier alpha value is -2.49. The van der Waals surface area contributed by atoms with Crippen molar-refractivity contribution in [2.45, 2.75) is 13.3 Å². The lowest BCUT2D eigenvalue weighted by Gasteiger charge is -2.03. The monoisotopic (exact) mass is 254 g/mol. The van der Waals surface area contributed by atoms with Crippen molar-refractivity contribution in [1.82, 2.24) is 9.38 Å². The molecule has 0 atom stereocenters. The van der Waals surface area contributed by atoms with Gasteiger partial charge in [0.1, 0.15) is 0 Å². The minimum absolute atomic E-state index is 0.371. The highest BCUT2D eigenvalue weighted by atomic mass is 16.4. The van der Waals surface area contributed by atoms with Crippen LogP contribution in [-0.2, 0) is 6.42 Å². The van der Waals surface area contributed by atoms with Crippen molar-refractivity contribution >= 4 is 11.5 Å². The van der Waals surface area contributed by atoms with Crippen molar-refractivity contribution in [3.8, 4) is 0 Å². The zero-order valence-corrected chi connectivity index (χ0v) is 10.6. The SMILES string of the molecule is Cc1cccn2cc(C(=O)O)c(Cc3cc[nH]c3)c12. The molecule has 0 aliphatic carbocycles. The number of hydrogen-bond donors (Lipinski definition) is 2. The minimum atomic E-state index is -0.881. The third kappa shape index (κ3) is 1.91. The Balaban J connectivity index is 2.24. The van der Waals surface area contributed by atoms with Crippen LogP contribution in [0.2, 0.25) is 0 Å². The summed E-state index contributed by atoms with van der Waals surface area (Å²) in [7, 11) is 0. The second-order valence-electron chi connectivity index (χ2n) is 4.67. The number of pyridine rings is 1. The summed E-state index contributed by atoms with van der Waals surface area (Å²) in [4.78, 5) is 14.4. The first kappa shape index (κ1) is 11.6. The molecule has 3 heterocycles. The number of H-pyrrole nitrogens is 1. The molecule has 0 spiro atoms. The Labute approximate surface area is 110 Å². The lowest BCUT2D eigenvalue weighted by atomic mass is 10.0. The number of hydrogen-bond acceptors (Lipinski definition) is 1. The fraction of sp³-hybridized carbons (Fsp3) is 0.133. The lowest BCUT2D eigenvalue weighted by Crippen LogP contribution is -1.99. The van der Waals surface area contributed by atoms with Crippen LogP contribution in [0.15, 0.2) is 43.0 Å². The van der Waals surface area contributed by atoms with Gasteiger partial charge in [0.2, 0.25) is 0 Å². The Morgan fingerprint density at radius 2 is 2.26 bits per heavy atom. The van der Waals surface area contributed by atoms with Gasteiger partial charge in [0.15, 0.2) is 0 Å². The number of nitrogens with one attached hydrogen (secondary N) is 1. The number of fused-ring (bicyclic) bond motifs is 1. The van der Waals surface area contributed by atoms with E-state index < -0.39 is 5.97 Å². The quantitative estimate of drug-likeness (QED) is 0.755. The van der Waals surface area contributed by atoms with Gasteiger partial charge < -0.3 is 14.5 Å².